The number of carbonyl (C=O) groups excluding carboxylic acids is 1. The number of aromatic nitrogens is 1. The molecule has 0 saturated heterocycles. The molecule has 1 atom stereocenters. The van der Waals surface area contributed by atoms with Crippen molar-refractivity contribution in [1.82, 2.24) is 4.98 Å². The number of benzene rings is 1. The number of nitrogens with zero attached hydrogens (tertiary/aromatic N) is 1. The van der Waals surface area contributed by atoms with Crippen molar-refractivity contribution in [3.05, 3.63) is 35.5 Å². The summed E-state index contributed by atoms with van der Waals surface area (Å²) in [4.78, 5) is 16.0. The lowest BCUT2D eigenvalue weighted by Crippen LogP contribution is -2.12. The number of hydrogen-bond acceptors (Lipinski definition) is 5. The summed E-state index contributed by atoms with van der Waals surface area (Å²) >= 11 is 0.0290. The van der Waals surface area contributed by atoms with Gasteiger partial charge in [-0.25, -0.2) is 4.98 Å². The molecule has 0 spiro atoms. The Morgan fingerprint density at radius 2 is 2.26 bits per heavy atom. The SMILES string of the molecule is Cc1ccc(O)c(C(=O)Nc2ncc([S+](C)[O-])s2)c1. The third-order valence-corrected chi connectivity index (χ3v) is 4.72. The third-order valence-electron chi connectivity index (χ3n) is 2.38. The second-order valence-electron chi connectivity index (χ2n) is 3.91. The van der Waals surface area contributed by atoms with Crippen LogP contribution in [-0.4, -0.2) is 26.8 Å². The summed E-state index contributed by atoms with van der Waals surface area (Å²) in [5.74, 6) is -0.525. The van der Waals surface area contributed by atoms with Crippen LogP contribution in [0.1, 0.15) is 15.9 Å². The summed E-state index contributed by atoms with van der Waals surface area (Å²) in [6.07, 6.45) is 3.01. The first-order chi connectivity index (χ1) is 8.97. The van der Waals surface area contributed by atoms with Gasteiger partial charge in [-0.3, -0.25) is 10.1 Å². The summed E-state index contributed by atoms with van der Waals surface area (Å²) in [5.41, 5.74) is 1.06. The van der Waals surface area contributed by atoms with E-state index in [4.69, 9.17) is 0 Å². The van der Waals surface area contributed by atoms with Gasteiger partial charge in [-0.1, -0.05) is 11.6 Å². The van der Waals surface area contributed by atoms with Crippen molar-refractivity contribution < 1.29 is 14.5 Å². The van der Waals surface area contributed by atoms with Gasteiger partial charge in [0.2, 0.25) is 4.21 Å². The molecular formula is C12H12N2O3S2. The molecule has 1 aromatic carbocycles. The van der Waals surface area contributed by atoms with Crippen molar-refractivity contribution in [3.63, 3.8) is 0 Å². The number of hydrogen-bond donors (Lipinski definition) is 2. The van der Waals surface area contributed by atoms with Gasteiger partial charge in [0.25, 0.3) is 5.91 Å². The van der Waals surface area contributed by atoms with Crippen LogP contribution < -0.4 is 5.32 Å². The van der Waals surface area contributed by atoms with E-state index in [1.54, 1.807) is 18.4 Å². The molecule has 1 aromatic heterocycles. The normalized spacial score (nSPS) is 12.2. The average Bonchev–Trinajstić information content (AvgIpc) is 2.80. The molecule has 0 saturated carbocycles. The molecule has 0 aliphatic rings. The Bertz CT molecular complexity index is 611. The fraction of sp³-hybridized carbons (Fsp3) is 0.167. The number of amides is 1. The summed E-state index contributed by atoms with van der Waals surface area (Å²) in [6.45, 7) is 1.83. The van der Waals surface area contributed by atoms with Gasteiger partial charge in [0.1, 0.15) is 12.0 Å². The lowest BCUT2D eigenvalue weighted by atomic mass is 10.1. The predicted octanol–water partition coefficient (Wildman–Crippen LogP) is 2.15. The Hall–Kier alpha value is -1.57. The Labute approximate surface area is 117 Å². The van der Waals surface area contributed by atoms with Crippen LogP contribution in [0.5, 0.6) is 5.75 Å². The van der Waals surface area contributed by atoms with Gasteiger partial charge in [0.05, 0.1) is 11.8 Å². The highest BCUT2D eigenvalue weighted by Crippen LogP contribution is 2.24. The highest BCUT2D eigenvalue weighted by molar-refractivity contribution is 7.92. The van der Waals surface area contributed by atoms with Crippen LogP contribution in [0.2, 0.25) is 0 Å². The van der Waals surface area contributed by atoms with Crippen LogP contribution in [0.3, 0.4) is 0 Å². The minimum atomic E-state index is -1.12. The van der Waals surface area contributed by atoms with Gasteiger partial charge in [-0.05, 0) is 41.6 Å². The van der Waals surface area contributed by atoms with E-state index in [1.807, 2.05) is 6.92 Å². The molecule has 1 amide bonds. The van der Waals surface area contributed by atoms with Crippen molar-refractivity contribution >= 4 is 33.6 Å². The van der Waals surface area contributed by atoms with E-state index in [0.29, 0.717) is 9.34 Å². The van der Waals surface area contributed by atoms with Gasteiger partial charge in [-0.15, -0.1) is 0 Å². The lowest BCUT2D eigenvalue weighted by molar-refractivity contribution is 0.102. The van der Waals surface area contributed by atoms with Crippen molar-refractivity contribution in [2.24, 2.45) is 0 Å². The fourth-order valence-corrected chi connectivity index (χ4v) is 2.90. The second kappa shape index (κ2) is 5.60. The molecule has 0 fully saturated rings. The topological polar surface area (TPSA) is 85.3 Å². The predicted molar refractivity (Wildman–Crippen MR) is 75.2 cm³/mol. The Morgan fingerprint density at radius 1 is 1.53 bits per heavy atom. The molecule has 5 nitrogen and oxygen atoms in total. The van der Waals surface area contributed by atoms with E-state index in [9.17, 15) is 14.5 Å². The molecule has 0 aliphatic carbocycles. The zero-order valence-electron chi connectivity index (χ0n) is 10.3. The van der Waals surface area contributed by atoms with Crippen LogP contribution >= 0.6 is 11.3 Å². The average molecular weight is 296 g/mol. The first-order valence-electron chi connectivity index (χ1n) is 5.37. The number of thiazole rings is 1. The molecule has 0 aliphatic heterocycles. The summed E-state index contributed by atoms with van der Waals surface area (Å²) in [5, 5.41) is 12.6. The van der Waals surface area contributed by atoms with Crippen LogP contribution in [0.25, 0.3) is 0 Å². The first kappa shape index (κ1) is 13.9. The minimum absolute atomic E-state index is 0.0843. The molecule has 0 bridgehead atoms. The Morgan fingerprint density at radius 3 is 2.89 bits per heavy atom. The van der Waals surface area contributed by atoms with Crippen LogP contribution in [0.4, 0.5) is 5.13 Å². The molecule has 2 aromatic rings. The molecule has 1 heterocycles. The monoisotopic (exact) mass is 296 g/mol. The van der Waals surface area contributed by atoms with Gasteiger partial charge < -0.3 is 9.66 Å². The van der Waals surface area contributed by atoms with Crippen molar-refractivity contribution in [3.8, 4) is 5.75 Å². The van der Waals surface area contributed by atoms with E-state index in [-0.39, 0.29) is 11.3 Å². The Kier molecular flexibility index (Phi) is 4.08. The second-order valence-corrected chi connectivity index (χ2v) is 6.55. The summed E-state index contributed by atoms with van der Waals surface area (Å²) < 4.78 is 11.8. The maximum absolute atomic E-state index is 12.0. The largest absolute Gasteiger partial charge is 0.611 e. The molecule has 2 rings (SSSR count). The van der Waals surface area contributed by atoms with Crippen molar-refractivity contribution in [2.45, 2.75) is 11.1 Å². The number of phenols is 1. The highest BCUT2D eigenvalue weighted by atomic mass is 32.2. The molecule has 7 heteroatoms. The zero-order chi connectivity index (χ0) is 14.0. The number of phenolic OH excluding ortho intramolecular Hbond substituents is 1. The quantitative estimate of drug-likeness (QED) is 0.850. The summed E-state index contributed by atoms with van der Waals surface area (Å²) in [7, 11) is 0. The molecule has 2 N–H and O–H groups in total. The molecule has 19 heavy (non-hydrogen) atoms. The molecular weight excluding hydrogens is 284 g/mol. The van der Waals surface area contributed by atoms with E-state index in [2.05, 4.69) is 10.3 Å². The van der Waals surface area contributed by atoms with Gasteiger partial charge in [0.15, 0.2) is 5.13 Å². The van der Waals surface area contributed by atoms with Crippen LogP contribution in [0.15, 0.2) is 28.6 Å². The molecule has 0 radical (unpaired) electrons. The lowest BCUT2D eigenvalue weighted by Gasteiger charge is -2.05. The number of aromatic hydroxyl groups is 1. The van der Waals surface area contributed by atoms with E-state index >= 15 is 0 Å². The Balaban J connectivity index is 2.18. The first-order valence-corrected chi connectivity index (χ1v) is 7.75. The van der Waals surface area contributed by atoms with E-state index in [0.717, 1.165) is 16.9 Å². The third kappa shape index (κ3) is 3.25. The standard InChI is InChI=1S/C12H12N2O3S2/c1-7-3-4-9(15)8(5-7)11(16)14-12-13-6-10(18-12)19(2)17/h3-6,15H,1-2H3,(H,13,14,16). The maximum Gasteiger partial charge on any atom is 0.261 e. The summed E-state index contributed by atoms with van der Waals surface area (Å²) in [6, 6.07) is 4.78. The molecule has 100 valence electrons. The van der Waals surface area contributed by atoms with Crippen molar-refractivity contribution in [1.29, 1.82) is 0 Å². The fourth-order valence-electron chi connectivity index (χ4n) is 1.45. The zero-order valence-corrected chi connectivity index (χ0v) is 12.0. The number of carbonyl (C=O) groups is 1. The van der Waals surface area contributed by atoms with Gasteiger partial charge in [-0.2, -0.15) is 0 Å². The number of anilines is 1. The number of nitrogens with one attached hydrogen (secondary N) is 1. The van der Waals surface area contributed by atoms with Gasteiger partial charge in [0, 0.05) is 0 Å². The smallest absolute Gasteiger partial charge is 0.261 e. The molecule has 1 unspecified atom stereocenters. The van der Waals surface area contributed by atoms with Crippen LogP contribution in [-0.2, 0) is 11.2 Å². The van der Waals surface area contributed by atoms with E-state index < -0.39 is 17.1 Å². The number of rotatable bonds is 3. The number of aryl methyl sites for hydroxylation is 1. The minimum Gasteiger partial charge on any atom is -0.611 e. The highest BCUT2D eigenvalue weighted by Gasteiger charge is 2.15. The maximum atomic E-state index is 12.0. The van der Waals surface area contributed by atoms with Gasteiger partial charge >= 0.3 is 0 Å². The van der Waals surface area contributed by atoms with E-state index in [1.165, 1.54) is 12.3 Å². The van der Waals surface area contributed by atoms with Crippen LogP contribution in [0, 0.1) is 6.92 Å². The van der Waals surface area contributed by atoms with Crippen molar-refractivity contribution in [2.75, 3.05) is 11.6 Å².